The zero-order chi connectivity index (χ0) is 21.7. The molecular formula is C22H25N3O5. The summed E-state index contributed by atoms with van der Waals surface area (Å²) in [5, 5.41) is 8.12. The van der Waals surface area contributed by atoms with Crippen LogP contribution in [0.15, 0.2) is 46.9 Å². The van der Waals surface area contributed by atoms with Crippen LogP contribution in [0.25, 0.3) is 11.5 Å². The van der Waals surface area contributed by atoms with Gasteiger partial charge in [-0.05, 0) is 43.7 Å². The molecule has 1 atom stereocenters. The Bertz CT molecular complexity index is 1020. The van der Waals surface area contributed by atoms with Crippen molar-refractivity contribution in [1.29, 1.82) is 0 Å². The number of carbonyl (C=O) groups is 1. The van der Waals surface area contributed by atoms with E-state index >= 15 is 0 Å². The number of para-hydroxylation sites is 1. The van der Waals surface area contributed by atoms with E-state index in [1.165, 1.54) is 4.90 Å². The van der Waals surface area contributed by atoms with Crippen molar-refractivity contribution in [3.8, 4) is 28.7 Å². The molecule has 0 unspecified atom stereocenters. The van der Waals surface area contributed by atoms with Crippen LogP contribution in [0.4, 0.5) is 0 Å². The number of amides is 1. The van der Waals surface area contributed by atoms with E-state index in [2.05, 4.69) is 10.2 Å². The fourth-order valence-corrected chi connectivity index (χ4v) is 2.92. The van der Waals surface area contributed by atoms with E-state index in [1.807, 2.05) is 31.2 Å². The molecule has 8 heteroatoms. The standard InChI is InChI=1S/C22H25N3O5/c1-14-8-6-7-9-17(14)29-15(2)22(26)25(3)13-20-23-24-21(30-20)16-10-11-18(27-4)19(12-16)28-5/h6-12,15H,13H2,1-5H3/t15-/m0/s1. The van der Waals surface area contributed by atoms with Crippen molar-refractivity contribution in [2.24, 2.45) is 0 Å². The summed E-state index contributed by atoms with van der Waals surface area (Å²) in [6.07, 6.45) is -0.649. The Balaban J connectivity index is 1.66. The van der Waals surface area contributed by atoms with E-state index in [0.29, 0.717) is 34.6 Å². The third-order valence-electron chi connectivity index (χ3n) is 4.59. The molecule has 0 saturated carbocycles. The van der Waals surface area contributed by atoms with Crippen LogP contribution in [0.1, 0.15) is 18.4 Å². The van der Waals surface area contributed by atoms with Crippen LogP contribution in [0.5, 0.6) is 17.2 Å². The highest BCUT2D eigenvalue weighted by molar-refractivity contribution is 5.80. The van der Waals surface area contributed by atoms with Crippen molar-refractivity contribution < 1.29 is 23.4 Å². The molecule has 3 aromatic rings. The molecule has 1 aromatic heterocycles. The third-order valence-corrected chi connectivity index (χ3v) is 4.59. The van der Waals surface area contributed by atoms with Gasteiger partial charge in [0.25, 0.3) is 5.91 Å². The number of hydrogen-bond donors (Lipinski definition) is 0. The number of hydrogen-bond acceptors (Lipinski definition) is 7. The Morgan fingerprint density at radius 3 is 2.50 bits per heavy atom. The minimum atomic E-state index is -0.649. The van der Waals surface area contributed by atoms with Gasteiger partial charge in [0, 0.05) is 12.6 Å². The number of aromatic nitrogens is 2. The Kier molecular flexibility index (Phi) is 6.56. The zero-order valence-electron chi connectivity index (χ0n) is 17.7. The van der Waals surface area contributed by atoms with Crippen LogP contribution < -0.4 is 14.2 Å². The molecule has 0 saturated heterocycles. The van der Waals surface area contributed by atoms with Gasteiger partial charge in [-0.3, -0.25) is 4.79 Å². The first-order chi connectivity index (χ1) is 14.4. The second-order valence-corrected chi connectivity index (χ2v) is 6.79. The summed E-state index contributed by atoms with van der Waals surface area (Å²) < 4.78 is 22.1. The first-order valence-corrected chi connectivity index (χ1v) is 9.45. The first-order valence-electron chi connectivity index (χ1n) is 9.45. The summed E-state index contributed by atoms with van der Waals surface area (Å²) in [6.45, 7) is 3.82. The van der Waals surface area contributed by atoms with Crippen molar-refractivity contribution in [3.63, 3.8) is 0 Å². The molecule has 8 nitrogen and oxygen atoms in total. The summed E-state index contributed by atoms with van der Waals surface area (Å²) in [6, 6.07) is 12.9. The van der Waals surface area contributed by atoms with Crippen LogP contribution in [-0.4, -0.2) is 48.4 Å². The van der Waals surface area contributed by atoms with Gasteiger partial charge in [-0.2, -0.15) is 0 Å². The van der Waals surface area contributed by atoms with Crippen LogP contribution in [0, 0.1) is 6.92 Å². The van der Waals surface area contributed by atoms with E-state index in [1.54, 1.807) is 46.4 Å². The Morgan fingerprint density at radius 2 is 1.80 bits per heavy atom. The average molecular weight is 411 g/mol. The van der Waals surface area contributed by atoms with E-state index < -0.39 is 6.10 Å². The van der Waals surface area contributed by atoms with Crippen LogP contribution in [-0.2, 0) is 11.3 Å². The number of ether oxygens (including phenoxy) is 3. The highest BCUT2D eigenvalue weighted by atomic mass is 16.5. The molecule has 0 aliphatic rings. The molecule has 1 amide bonds. The topological polar surface area (TPSA) is 86.9 Å². The zero-order valence-corrected chi connectivity index (χ0v) is 17.7. The SMILES string of the molecule is COc1ccc(-c2nnc(CN(C)C(=O)[C@H](C)Oc3ccccc3C)o2)cc1OC. The molecule has 0 N–H and O–H groups in total. The maximum atomic E-state index is 12.7. The van der Waals surface area contributed by atoms with Crippen LogP contribution in [0.2, 0.25) is 0 Å². The molecular weight excluding hydrogens is 386 g/mol. The lowest BCUT2D eigenvalue weighted by molar-refractivity contribution is -0.137. The summed E-state index contributed by atoms with van der Waals surface area (Å²) in [5.41, 5.74) is 1.66. The van der Waals surface area contributed by atoms with Gasteiger partial charge in [0.2, 0.25) is 11.8 Å². The van der Waals surface area contributed by atoms with Gasteiger partial charge >= 0.3 is 0 Å². The number of rotatable bonds is 8. The molecule has 0 radical (unpaired) electrons. The molecule has 3 rings (SSSR count). The number of carbonyl (C=O) groups excluding carboxylic acids is 1. The van der Waals surface area contributed by atoms with Gasteiger partial charge in [-0.25, -0.2) is 0 Å². The van der Waals surface area contributed by atoms with E-state index in [-0.39, 0.29) is 12.5 Å². The highest BCUT2D eigenvalue weighted by Gasteiger charge is 2.22. The second-order valence-electron chi connectivity index (χ2n) is 6.79. The lowest BCUT2D eigenvalue weighted by Gasteiger charge is -2.21. The molecule has 0 fully saturated rings. The van der Waals surface area contributed by atoms with Gasteiger partial charge in [-0.1, -0.05) is 18.2 Å². The van der Waals surface area contributed by atoms with Gasteiger partial charge < -0.3 is 23.5 Å². The summed E-state index contributed by atoms with van der Waals surface area (Å²) in [5.74, 6) is 2.30. The van der Waals surface area contributed by atoms with Crippen molar-refractivity contribution in [1.82, 2.24) is 15.1 Å². The highest BCUT2D eigenvalue weighted by Crippen LogP contribution is 2.31. The normalized spacial score (nSPS) is 11.6. The monoisotopic (exact) mass is 411 g/mol. The van der Waals surface area contributed by atoms with Gasteiger partial charge in [-0.15, -0.1) is 10.2 Å². The van der Waals surface area contributed by atoms with Crippen molar-refractivity contribution >= 4 is 5.91 Å². The van der Waals surface area contributed by atoms with Gasteiger partial charge in [0.1, 0.15) is 5.75 Å². The Labute approximate surface area is 175 Å². The molecule has 2 aromatic carbocycles. The van der Waals surface area contributed by atoms with Gasteiger partial charge in [0.05, 0.1) is 20.8 Å². The molecule has 0 spiro atoms. The van der Waals surface area contributed by atoms with E-state index in [9.17, 15) is 4.79 Å². The number of methoxy groups -OCH3 is 2. The maximum Gasteiger partial charge on any atom is 0.263 e. The van der Waals surface area contributed by atoms with Crippen LogP contribution in [0.3, 0.4) is 0 Å². The molecule has 30 heavy (non-hydrogen) atoms. The maximum absolute atomic E-state index is 12.7. The molecule has 1 heterocycles. The van der Waals surface area contributed by atoms with Crippen molar-refractivity contribution in [2.75, 3.05) is 21.3 Å². The number of likely N-dealkylation sites (N-methyl/N-ethyl adjacent to an activating group) is 1. The lowest BCUT2D eigenvalue weighted by Crippen LogP contribution is -2.37. The largest absolute Gasteiger partial charge is 0.493 e. The van der Waals surface area contributed by atoms with Crippen LogP contribution >= 0.6 is 0 Å². The smallest absolute Gasteiger partial charge is 0.263 e. The summed E-state index contributed by atoms with van der Waals surface area (Å²) in [4.78, 5) is 14.2. The Hall–Kier alpha value is -3.55. The Morgan fingerprint density at radius 1 is 1.07 bits per heavy atom. The number of benzene rings is 2. The fraction of sp³-hybridized carbons (Fsp3) is 0.318. The lowest BCUT2D eigenvalue weighted by atomic mass is 10.2. The quantitative estimate of drug-likeness (QED) is 0.561. The third kappa shape index (κ3) is 4.71. The summed E-state index contributed by atoms with van der Waals surface area (Å²) in [7, 11) is 4.79. The average Bonchev–Trinajstić information content (AvgIpc) is 3.22. The first kappa shape index (κ1) is 21.2. The minimum Gasteiger partial charge on any atom is -0.493 e. The minimum absolute atomic E-state index is 0.167. The van der Waals surface area contributed by atoms with E-state index in [4.69, 9.17) is 18.6 Å². The molecule has 0 aliphatic heterocycles. The predicted molar refractivity (Wildman–Crippen MR) is 111 cm³/mol. The number of aryl methyl sites for hydroxylation is 1. The predicted octanol–water partition coefficient (Wildman–Crippen LogP) is 3.49. The van der Waals surface area contributed by atoms with Gasteiger partial charge in [0.15, 0.2) is 17.6 Å². The fourth-order valence-electron chi connectivity index (χ4n) is 2.92. The number of nitrogens with zero attached hydrogens (tertiary/aromatic N) is 3. The van der Waals surface area contributed by atoms with Crippen molar-refractivity contribution in [2.45, 2.75) is 26.5 Å². The molecule has 0 bridgehead atoms. The van der Waals surface area contributed by atoms with Crippen molar-refractivity contribution in [3.05, 3.63) is 53.9 Å². The molecule has 158 valence electrons. The summed E-state index contributed by atoms with van der Waals surface area (Å²) >= 11 is 0. The van der Waals surface area contributed by atoms with E-state index in [0.717, 1.165) is 5.56 Å². The second kappa shape index (κ2) is 9.30. The molecule has 0 aliphatic carbocycles.